The van der Waals surface area contributed by atoms with Crippen molar-refractivity contribution in [3.05, 3.63) is 155 Å². The highest BCUT2D eigenvalue weighted by Crippen LogP contribution is 2.42. The molecule has 19 nitrogen and oxygen atoms in total. The third kappa shape index (κ3) is 11.6. The van der Waals surface area contributed by atoms with E-state index in [9.17, 15) is 29.5 Å². The van der Waals surface area contributed by atoms with Gasteiger partial charge in [-0.1, -0.05) is 77.9 Å². The van der Waals surface area contributed by atoms with Crippen LogP contribution in [0.5, 0.6) is 23.0 Å². The van der Waals surface area contributed by atoms with Crippen LogP contribution in [0.3, 0.4) is 0 Å². The molecule has 19 heteroatoms. The van der Waals surface area contributed by atoms with Crippen molar-refractivity contribution in [3.63, 3.8) is 0 Å². The Labute approximate surface area is 340 Å². The normalized spacial score (nSPS) is 17.8. The maximum Gasteiger partial charge on any atom is 0.351 e. The average Bonchev–Trinajstić information content (AvgIpc) is 3.55. The van der Waals surface area contributed by atoms with E-state index in [0.29, 0.717) is 23.0 Å². The second-order valence-electron chi connectivity index (χ2n) is 12.5. The van der Waals surface area contributed by atoms with Gasteiger partial charge in [0.25, 0.3) is 5.91 Å². The molecule has 0 bridgehead atoms. The van der Waals surface area contributed by atoms with E-state index in [2.05, 4.69) is 20.3 Å². The van der Waals surface area contributed by atoms with Gasteiger partial charge in [-0.15, -0.1) is 0 Å². The highest BCUT2D eigenvalue weighted by atomic mass is 16.7. The zero-order chi connectivity index (χ0) is 42.2. The number of ether oxygens (including phenoxy) is 8. The molecule has 1 aliphatic heterocycles. The number of nitrogens with zero attached hydrogens (tertiary/aromatic N) is 5. The van der Waals surface area contributed by atoms with Gasteiger partial charge in [0.15, 0.2) is 44.9 Å². The van der Waals surface area contributed by atoms with Crippen molar-refractivity contribution in [2.45, 2.75) is 24.2 Å². The van der Waals surface area contributed by atoms with Gasteiger partial charge in [0.2, 0.25) is 5.72 Å². The number of esters is 3. The van der Waals surface area contributed by atoms with Crippen molar-refractivity contribution in [3.8, 4) is 23.0 Å². The van der Waals surface area contributed by atoms with Crippen molar-refractivity contribution in [1.82, 2.24) is 9.55 Å². The molecule has 5 aromatic rings. The molecule has 2 heterocycles. The maximum atomic E-state index is 13.7. The van der Waals surface area contributed by atoms with Crippen LogP contribution >= 0.6 is 0 Å². The number of carbonyl (C=O) groups is 4. The van der Waals surface area contributed by atoms with Gasteiger partial charge in [-0.05, 0) is 60.1 Å². The first-order chi connectivity index (χ1) is 29.2. The molecule has 1 unspecified atom stereocenters. The van der Waals surface area contributed by atoms with E-state index < -0.39 is 86.7 Å². The van der Waals surface area contributed by atoms with Crippen LogP contribution in [-0.2, 0) is 38.1 Å². The lowest BCUT2D eigenvalue weighted by molar-refractivity contribution is -0.181. The number of hydrogen-bond acceptors (Lipinski definition) is 15. The summed E-state index contributed by atoms with van der Waals surface area (Å²) in [5.74, 6) is -2.48. The van der Waals surface area contributed by atoms with Gasteiger partial charge in [-0.25, -0.2) is 19.2 Å². The molecule has 4 atom stereocenters. The average molecular weight is 821 g/mol. The summed E-state index contributed by atoms with van der Waals surface area (Å²) >= 11 is 0. The molecule has 4 aromatic carbocycles. The Morgan fingerprint density at radius 2 is 1.15 bits per heavy atom. The van der Waals surface area contributed by atoms with Crippen molar-refractivity contribution >= 4 is 29.6 Å². The number of aromatic nitrogens is 2. The van der Waals surface area contributed by atoms with E-state index in [-0.39, 0.29) is 5.82 Å². The van der Waals surface area contributed by atoms with Crippen LogP contribution in [0, 0.1) is 0 Å². The number of nitrogens with one attached hydrogen (secondary N) is 1. The number of amides is 1. The van der Waals surface area contributed by atoms with Gasteiger partial charge in [0.05, 0.1) is 0 Å². The first kappa shape index (κ1) is 41.7. The molecule has 0 aliphatic carbocycles. The van der Waals surface area contributed by atoms with E-state index in [1.54, 1.807) is 121 Å². The zero-order valence-electron chi connectivity index (χ0n) is 31.5. The summed E-state index contributed by atoms with van der Waals surface area (Å²) in [7, 11) is 0. The Balaban J connectivity index is 1.29. The SMILES string of the molecule is [N-]=[N+]=N[C@]1(COC(=O)COc2ccccc2)OC(n2ccc(NC(=O)COc3ccccc3)nc2=O)[C@H](OC(=O)COc2ccccc2)[C@@H]1OC(=O)COc1ccccc1. The second-order valence-corrected chi connectivity index (χ2v) is 12.5. The topological polar surface area (TPSA) is 238 Å². The Kier molecular flexibility index (Phi) is 14.3. The van der Waals surface area contributed by atoms with Crippen molar-refractivity contribution in [2.75, 3.05) is 38.4 Å². The molecule has 1 saturated heterocycles. The van der Waals surface area contributed by atoms with Gasteiger partial charge < -0.3 is 43.2 Å². The predicted octanol–water partition coefficient (Wildman–Crippen LogP) is 4.40. The van der Waals surface area contributed by atoms with Crippen LogP contribution in [0.4, 0.5) is 5.82 Å². The minimum Gasteiger partial charge on any atom is -0.484 e. The van der Waals surface area contributed by atoms with Crippen LogP contribution in [0.2, 0.25) is 0 Å². The molecule has 308 valence electrons. The summed E-state index contributed by atoms with van der Waals surface area (Å²) in [5.41, 5.74) is 6.28. The van der Waals surface area contributed by atoms with Crippen LogP contribution in [0.25, 0.3) is 10.4 Å². The summed E-state index contributed by atoms with van der Waals surface area (Å²) < 4.78 is 46.0. The van der Waals surface area contributed by atoms with E-state index in [1.165, 1.54) is 6.07 Å². The first-order valence-electron chi connectivity index (χ1n) is 18.1. The molecule has 1 N–H and O–H groups in total. The minimum atomic E-state index is -2.49. The number of hydrogen-bond donors (Lipinski definition) is 1. The number of benzene rings is 4. The fraction of sp³-hybridized carbons (Fsp3) is 0.220. The van der Waals surface area contributed by atoms with Gasteiger partial charge in [-0.3, -0.25) is 9.36 Å². The number of carbonyl (C=O) groups excluding carboxylic acids is 4. The van der Waals surface area contributed by atoms with E-state index in [0.717, 1.165) is 10.8 Å². The minimum absolute atomic E-state index is 0.185. The van der Waals surface area contributed by atoms with E-state index in [4.69, 9.17) is 37.9 Å². The Morgan fingerprint density at radius 1 is 0.683 bits per heavy atom. The van der Waals surface area contributed by atoms with Crippen molar-refractivity contribution in [1.29, 1.82) is 0 Å². The molecule has 0 radical (unpaired) electrons. The lowest BCUT2D eigenvalue weighted by Gasteiger charge is -2.29. The first-order valence-corrected chi connectivity index (χ1v) is 18.1. The largest absolute Gasteiger partial charge is 0.484 e. The number of anilines is 1. The van der Waals surface area contributed by atoms with Crippen LogP contribution < -0.4 is 30.0 Å². The van der Waals surface area contributed by atoms with E-state index >= 15 is 0 Å². The Morgan fingerprint density at radius 3 is 1.63 bits per heavy atom. The molecule has 1 amide bonds. The molecule has 0 spiro atoms. The van der Waals surface area contributed by atoms with Crippen molar-refractivity contribution < 1.29 is 57.1 Å². The van der Waals surface area contributed by atoms with Crippen molar-refractivity contribution in [2.24, 2.45) is 5.11 Å². The molecule has 6 rings (SSSR count). The third-order valence-electron chi connectivity index (χ3n) is 8.31. The second kappa shape index (κ2) is 20.5. The quantitative estimate of drug-likeness (QED) is 0.0400. The summed E-state index contributed by atoms with van der Waals surface area (Å²) in [6.07, 6.45) is -4.34. The molecular formula is C41H36N6O13. The summed E-state index contributed by atoms with van der Waals surface area (Å²) in [6.45, 7) is -3.31. The number of rotatable bonds is 19. The summed E-state index contributed by atoms with van der Waals surface area (Å²) in [4.78, 5) is 72.9. The van der Waals surface area contributed by atoms with Gasteiger partial charge in [-0.2, -0.15) is 4.98 Å². The molecule has 60 heavy (non-hydrogen) atoms. The molecule has 1 fully saturated rings. The van der Waals surface area contributed by atoms with E-state index in [1.807, 2.05) is 0 Å². The van der Waals surface area contributed by atoms with Crippen LogP contribution in [0.15, 0.2) is 143 Å². The zero-order valence-corrected chi connectivity index (χ0v) is 31.5. The van der Waals surface area contributed by atoms with Gasteiger partial charge in [0, 0.05) is 11.1 Å². The number of para-hydroxylation sites is 4. The number of azide groups is 1. The van der Waals surface area contributed by atoms with Crippen LogP contribution in [-0.4, -0.2) is 84.3 Å². The lowest BCUT2D eigenvalue weighted by Crippen LogP contribution is -2.50. The summed E-state index contributed by atoms with van der Waals surface area (Å²) in [5, 5.41) is 6.20. The van der Waals surface area contributed by atoms with Gasteiger partial charge >= 0.3 is 23.6 Å². The standard InChI is InChI=1S/C41H36N6O13/c42-46-45-41(27-57-34(49)24-54-29-15-7-2-8-16-29)38(59-36(51)26-56-31-19-11-4-12-20-31)37(58-35(50)25-55-30-17-9-3-10-18-30)39(60-41)47-22-21-32(44-40(47)52)43-33(48)23-53-28-13-5-1-6-14-28/h1-22,37-39H,23-27H2,(H,43,44,48,52)/t37-,38+,39?,41-/m1/s1. The highest BCUT2D eigenvalue weighted by Gasteiger charge is 2.61. The smallest absolute Gasteiger partial charge is 0.351 e. The molecule has 0 saturated carbocycles. The summed E-state index contributed by atoms with van der Waals surface area (Å²) in [6, 6.07) is 34.6. The monoisotopic (exact) mass is 820 g/mol. The maximum absolute atomic E-state index is 13.7. The Hall–Kier alpha value is -7.89. The highest BCUT2D eigenvalue weighted by molar-refractivity contribution is 5.90. The third-order valence-corrected chi connectivity index (χ3v) is 8.31. The fourth-order valence-electron chi connectivity index (χ4n) is 5.63. The Bertz CT molecular complexity index is 2330. The fourth-order valence-corrected chi connectivity index (χ4v) is 5.63. The lowest BCUT2D eigenvalue weighted by atomic mass is 10.0. The molecule has 1 aromatic heterocycles. The van der Waals surface area contributed by atoms with Crippen LogP contribution in [0.1, 0.15) is 6.23 Å². The van der Waals surface area contributed by atoms with Gasteiger partial charge in [0.1, 0.15) is 35.4 Å². The molecular weight excluding hydrogens is 784 g/mol. The molecule has 1 aliphatic rings. The predicted molar refractivity (Wildman–Crippen MR) is 208 cm³/mol.